The summed E-state index contributed by atoms with van der Waals surface area (Å²) in [6.45, 7) is 0. The van der Waals surface area contributed by atoms with Crippen molar-refractivity contribution in [1.29, 1.82) is 0 Å². The molecule has 0 spiro atoms. The second kappa shape index (κ2) is 4.81. The van der Waals surface area contributed by atoms with Crippen molar-refractivity contribution in [1.82, 2.24) is 15.0 Å². The fourth-order valence-corrected chi connectivity index (χ4v) is 2.10. The van der Waals surface area contributed by atoms with Gasteiger partial charge in [-0.2, -0.15) is 9.97 Å². The zero-order valence-electron chi connectivity index (χ0n) is 9.75. The van der Waals surface area contributed by atoms with Gasteiger partial charge in [-0.05, 0) is 28.1 Å². The number of rotatable bonds is 2. The number of anilines is 1. The first-order chi connectivity index (χ1) is 9.22. The molecule has 2 N–H and O–H groups in total. The standard InChI is InChI=1S/C13H9BrN4O/c14-10-7-11(15)18-13(17-10)19-9-5-1-3-8-4-2-6-16-12(8)9/h1-7H,(H2,15,17,18). The van der Waals surface area contributed by atoms with E-state index in [1.165, 1.54) is 0 Å². The summed E-state index contributed by atoms with van der Waals surface area (Å²) in [6.07, 6.45) is 1.71. The molecule has 0 unspecified atom stereocenters. The molecule has 3 aromatic rings. The van der Waals surface area contributed by atoms with Gasteiger partial charge in [-0.1, -0.05) is 18.2 Å². The molecule has 0 aliphatic heterocycles. The zero-order chi connectivity index (χ0) is 13.2. The van der Waals surface area contributed by atoms with Crippen LogP contribution in [0.3, 0.4) is 0 Å². The highest BCUT2D eigenvalue weighted by Crippen LogP contribution is 2.27. The Morgan fingerprint density at radius 1 is 1.11 bits per heavy atom. The Bertz CT molecular complexity index is 722. The fourth-order valence-electron chi connectivity index (χ4n) is 1.72. The first-order valence-electron chi connectivity index (χ1n) is 5.54. The van der Waals surface area contributed by atoms with E-state index in [2.05, 4.69) is 30.9 Å². The Balaban J connectivity index is 2.05. The van der Waals surface area contributed by atoms with Crippen LogP contribution in [0.15, 0.2) is 47.2 Å². The van der Waals surface area contributed by atoms with Crippen molar-refractivity contribution < 1.29 is 4.74 Å². The number of pyridine rings is 1. The van der Waals surface area contributed by atoms with Crippen LogP contribution in [0.2, 0.25) is 0 Å². The van der Waals surface area contributed by atoms with E-state index in [4.69, 9.17) is 10.5 Å². The Morgan fingerprint density at radius 2 is 1.95 bits per heavy atom. The van der Waals surface area contributed by atoms with Crippen LogP contribution in [0.1, 0.15) is 0 Å². The molecule has 0 bridgehead atoms. The first kappa shape index (κ1) is 11.9. The van der Waals surface area contributed by atoms with Gasteiger partial charge < -0.3 is 10.5 Å². The highest BCUT2D eigenvalue weighted by atomic mass is 79.9. The molecule has 0 radical (unpaired) electrons. The molecule has 0 saturated carbocycles. The van der Waals surface area contributed by atoms with Crippen molar-refractivity contribution in [3.05, 3.63) is 47.2 Å². The lowest BCUT2D eigenvalue weighted by Gasteiger charge is -2.07. The summed E-state index contributed by atoms with van der Waals surface area (Å²) in [5.74, 6) is 0.931. The van der Waals surface area contributed by atoms with Crippen molar-refractivity contribution in [2.45, 2.75) is 0 Å². The van der Waals surface area contributed by atoms with Gasteiger partial charge in [-0.15, -0.1) is 0 Å². The SMILES string of the molecule is Nc1cc(Br)nc(Oc2cccc3cccnc23)n1. The molecule has 0 fully saturated rings. The van der Waals surface area contributed by atoms with E-state index in [9.17, 15) is 0 Å². The Labute approximate surface area is 117 Å². The summed E-state index contributed by atoms with van der Waals surface area (Å²) < 4.78 is 6.23. The van der Waals surface area contributed by atoms with Gasteiger partial charge in [0, 0.05) is 17.6 Å². The molecule has 19 heavy (non-hydrogen) atoms. The van der Waals surface area contributed by atoms with Crippen LogP contribution in [-0.2, 0) is 0 Å². The van der Waals surface area contributed by atoms with E-state index in [1.807, 2.05) is 30.3 Å². The van der Waals surface area contributed by atoms with Gasteiger partial charge in [-0.3, -0.25) is 4.98 Å². The molecule has 2 heterocycles. The van der Waals surface area contributed by atoms with Crippen molar-refractivity contribution in [2.24, 2.45) is 0 Å². The fraction of sp³-hybridized carbons (Fsp3) is 0. The van der Waals surface area contributed by atoms with Crippen LogP contribution in [0.25, 0.3) is 10.9 Å². The second-order valence-electron chi connectivity index (χ2n) is 3.83. The van der Waals surface area contributed by atoms with Gasteiger partial charge in [0.15, 0.2) is 5.75 Å². The van der Waals surface area contributed by atoms with Gasteiger partial charge in [0.1, 0.15) is 15.9 Å². The molecule has 0 saturated heterocycles. The average Bonchev–Trinajstić information content (AvgIpc) is 2.38. The highest BCUT2D eigenvalue weighted by molar-refractivity contribution is 9.10. The van der Waals surface area contributed by atoms with E-state index in [0.29, 0.717) is 16.2 Å². The number of hydrogen-bond donors (Lipinski definition) is 1. The highest BCUT2D eigenvalue weighted by Gasteiger charge is 2.07. The summed E-state index contributed by atoms with van der Waals surface area (Å²) in [7, 11) is 0. The van der Waals surface area contributed by atoms with E-state index in [1.54, 1.807) is 12.3 Å². The first-order valence-corrected chi connectivity index (χ1v) is 6.33. The van der Waals surface area contributed by atoms with Gasteiger partial charge >= 0.3 is 6.01 Å². The van der Waals surface area contributed by atoms with Crippen LogP contribution in [0.5, 0.6) is 11.8 Å². The Kier molecular flexibility index (Phi) is 3.00. The molecule has 0 amide bonds. The molecule has 6 heteroatoms. The van der Waals surface area contributed by atoms with Gasteiger partial charge in [-0.25, -0.2) is 0 Å². The molecular weight excluding hydrogens is 308 g/mol. The van der Waals surface area contributed by atoms with Crippen molar-refractivity contribution in [3.63, 3.8) is 0 Å². The molecular formula is C13H9BrN4O. The number of halogens is 1. The summed E-state index contributed by atoms with van der Waals surface area (Å²) in [5, 5.41) is 0.989. The van der Waals surface area contributed by atoms with Gasteiger partial charge in [0.25, 0.3) is 0 Å². The number of benzene rings is 1. The second-order valence-corrected chi connectivity index (χ2v) is 4.64. The number of nitrogen functional groups attached to an aromatic ring is 1. The van der Waals surface area contributed by atoms with Gasteiger partial charge in [0.2, 0.25) is 0 Å². The van der Waals surface area contributed by atoms with E-state index < -0.39 is 0 Å². The molecule has 5 nitrogen and oxygen atoms in total. The predicted octanol–water partition coefficient (Wildman–Crippen LogP) is 3.16. The van der Waals surface area contributed by atoms with Crippen molar-refractivity contribution in [3.8, 4) is 11.8 Å². The summed E-state index contributed by atoms with van der Waals surface area (Å²) in [6, 6.07) is 11.3. The lowest BCUT2D eigenvalue weighted by Crippen LogP contribution is -1.97. The number of ether oxygens (including phenoxy) is 1. The van der Waals surface area contributed by atoms with Crippen LogP contribution < -0.4 is 10.5 Å². The van der Waals surface area contributed by atoms with Gasteiger partial charge in [0.05, 0.1) is 0 Å². The van der Waals surface area contributed by atoms with E-state index in [-0.39, 0.29) is 6.01 Å². The van der Waals surface area contributed by atoms with Crippen LogP contribution in [0, 0.1) is 0 Å². The average molecular weight is 317 g/mol. The molecule has 0 aliphatic carbocycles. The predicted molar refractivity (Wildman–Crippen MR) is 76.0 cm³/mol. The number of aromatic nitrogens is 3. The normalized spacial score (nSPS) is 10.6. The largest absolute Gasteiger partial charge is 0.422 e. The summed E-state index contributed by atoms with van der Waals surface area (Å²) in [5.41, 5.74) is 6.41. The van der Waals surface area contributed by atoms with E-state index >= 15 is 0 Å². The number of nitrogens with two attached hydrogens (primary N) is 1. The minimum atomic E-state index is 0.185. The summed E-state index contributed by atoms with van der Waals surface area (Å²) in [4.78, 5) is 12.4. The third-order valence-corrected chi connectivity index (χ3v) is 2.90. The molecule has 0 aliphatic rings. The number of nitrogens with zero attached hydrogens (tertiary/aromatic N) is 3. The maximum absolute atomic E-state index is 5.66. The minimum Gasteiger partial charge on any atom is -0.422 e. The smallest absolute Gasteiger partial charge is 0.325 e. The maximum Gasteiger partial charge on any atom is 0.325 e. The molecule has 2 aromatic heterocycles. The Morgan fingerprint density at radius 3 is 2.79 bits per heavy atom. The van der Waals surface area contributed by atoms with Crippen molar-refractivity contribution >= 4 is 32.7 Å². The molecule has 0 atom stereocenters. The van der Waals surface area contributed by atoms with Crippen LogP contribution in [-0.4, -0.2) is 15.0 Å². The zero-order valence-corrected chi connectivity index (χ0v) is 11.3. The Hall–Kier alpha value is -2.21. The van der Waals surface area contributed by atoms with Crippen LogP contribution >= 0.6 is 15.9 Å². The molecule has 1 aromatic carbocycles. The topological polar surface area (TPSA) is 73.9 Å². The number of hydrogen-bond acceptors (Lipinski definition) is 5. The molecule has 3 rings (SSSR count). The lowest BCUT2D eigenvalue weighted by atomic mass is 10.2. The third-order valence-electron chi connectivity index (χ3n) is 2.49. The molecule has 94 valence electrons. The minimum absolute atomic E-state index is 0.185. The lowest BCUT2D eigenvalue weighted by molar-refractivity contribution is 0.445. The van der Waals surface area contributed by atoms with E-state index in [0.717, 1.165) is 10.9 Å². The number of fused-ring (bicyclic) bond motifs is 1. The third kappa shape index (κ3) is 2.48. The summed E-state index contributed by atoms with van der Waals surface area (Å²) >= 11 is 3.25. The monoisotopic (exact) mass is 316 g/mol. The maximum atomic E-state index is 5.66. The van der Waals surface area contributed by atoms with Crippen LogP contribution in [0.4, 0.5) is 5.82 Å². The van der Waals surface area contributed by atoms with Crippen molar-refractivity contribution in [2.75, 3.05) is 5.73 Å². The number of para-hydroxylation sites is 1. The quantitative estimate of drug-likeness (QED) is 0.735.